The number of nitrogens with one attached hydrogen (secondary N) is 1. The predicted molar refractivity (Wildman–Crippen MR) is 55.7 cm³/mol. The van der Waals surface area contributed by atoms with E-state index < -0.39 is 42.4 Å². The lowest BCUT2D eigenvalue weighted by Crippen LogP contribution is -2.42. The summed E-state index contributed by atoms with van der Waals surface area (Å²) in [6.07, 6.45) is -2.29. The first-order valence-corrected chi connectivity index (χ1v) is 4.41. The van der Waals surface area contributed by atoms with Gasteiger partial charge in [-0.1, -0.05) is 0 Å². The van der Waals surface area contributed by atoms with Gasteiger partial charge >= 0.3 is 23.9 Å². The number of aliphatic carboxylic acids is 3. The number of rotatable bonds is 5. The van der Waals surface area contributed by atoms with Gasteiger partial charge < -0.3 is 31.5 Å². The zero-order valence-electron chi connectivity index (χ0n) is 9.41. The summed E-state index contributed by atoms with van der Waals surface area (Å²) in [5.41, 5.74) is 1.80. The van der Waals surface area contributed by atoms with E-state index in [1.807, 2.05) is 0 Å². The lowest BCUT2D eigenvalue weighted by molar-refractivity contribution is -0.170. The van der Waals surface area contributed by atoms with Gasteiger partial charge in [-0.05, 0) is 0 Å². The molecule has 7 N–H and O–H groups in total. The molecule has 0 saturated heterocycles. The fraction of sp³-hybridized carbons (Fsp3) is 0.500. The summed E-state index contributed by atoms with van der Waals surface area (Å²) in [5, 5.41) is 36.0. The second kappa shape index (κ2) is 7.84. The molecule has 0 rings (SSSR count). The molecule has 0 spiro atoms. The molecule has 0 aliphatic rings. The monoisotopic (exact) mass is 266 g/mol. The maximum absolute atomic E-state index is 10.3. The van der Waals surface area contributed by atoms with Gasteiger partial charge in [-0.25, -0.2) is 9.59 Å². The molecule has 0 aliphatic heterocycles. The van der Waals surface area contributed by atoms with Crippen LogP contribution in [0.3, 0.4) is 0 Å². The number of hydrogen-bond acceptors (Lipinski definition) is 5. The number of urea groups is 1. The highest BCUT2D eigenvalue weighted by molar-refractivity contribution is 5.88. The van der Waals surface area contributed by atoms with E-state index in [4.69, 9.17) is 20.4 Å². The van der Waals surface area contributed by atoms with Crippen LogP contribution < -0.4 is 11.1 Å². The summed E-state index contributed by atoms with van der Waals surface area (Å²) in [7, 11) is 1.47. The van der Waals surface area contributed by atoms with E-state index >= 15 is 0 Å². The quantitative estimate of drug-likeness (QED) is 0.330. The van der Waals surface area contributed by atoms with Gasteiger partial charge in [0.15, 0.2) is 5.60 Å². The van der Waals surface area contributed by atoms with Crippen molar-refractivity contribution in [2.75, 3.05) is 7.05 Å². The van der Waals surface area contributed by atoms with Crippen molar-refractivity contribution in [3.8, 4) is 0 Å². The molecule has 0 aliphatic carbocycles. The van der Waals surface area contributed by atoms with E-state index in [0.29, 0.717) is 0 Å². The van der Waals surface area contributed by atoms with Crippen molar-refractivity contribution in [3.63, 3.8) is 0 Å². The normalized spacial score (nSPS) is 9.67. The van der Waals surface area contributed by atoms with Gasteiger partial charge in [0.1, 0.15) is 0 Å². The minimum Gasteiger partial charge on any atom is -0.481 e. The molecule has 0 fully saturated rings. The third kappa shape index (κ3) is 8.91. The van der Waals surface area contributed by atoms with Gasteiger partial charge in [0, 0.05) is 7.05 Å². The Morgan fingerprint density at radius 2 is 1.33 bits per heavy atom. The van der Waals surface area contributed by atoms with Crippen LogP contribution in [0.15, 0.2) is 0 Å². The zero-order valence-corrected chi connectivity index (χ0v) is 9.41. The Balaban J connectivity index is 0. The zero-order chi connectivity index (χ0) is 14.9. The topological polar surface area (TPSA) is 187 Å². The minimum atomic E-state index is -2.74. The van der Waals surface area contributed by atoms with Crippen LogP contribution in [0.4, 0.5) is 4.79 Å². The first-order valence-electron chi connectivity index (χ1n) is 4.41. The molecule has 104 valence electrons. The van der Waals surface area contributed by atoms with Crippen LogP contribution in [0, 0.1) is 0 Å². The van der Waals surface area contributed by atoms with Crippen molar-refractivity contribution in [1.29, 1.82) is 0 Å². The first-order chi connectivity index (χ1) is 8.05. The molecule has 0 saturated carbocycles. The summed E-state index contributed by atoms with van der Waals surface area (Å²) in [6, 6.07) is -0.495. The summed E-state index contributed by atoms with van der Waals surface area (Å²) >= 11 is 0. The maximum Gasteiger partial charge on any atom is 0.336 e. The number of carboxylic acid groups (broad SMARTS) is 3. The Labute approximate surface area is 101 Å². The van der Waals surface area contributed by atoms with Crippen molar-refractivity contribution in [2.24, 2.45) is 5.73 Å². The van der Waals surface area contributed by atoms with Crippen LogP contribution in [0.25, 0.3) is 0 Å². The van der Waals surface area contributed by atoms with Gasteiger partial charge in [-0.3, -0.25) is 9.59 Å². The van der Waals surface area contributed by atoms with E-state index in [1.54, 1.807) is 0 Å². The molecular weight excluding hydrogens is 252 g/mol. The highest BCUT2D eigenvalue weighted by atomic mass is 16.4. The molecule has 0 heterocycles. The number of aliphatic hydroxyl groups is 1. The van der Waals surface area contributed by atoms with Crippen molar-refractivity contribution >= 4 is 23.9 Å². The van der Waals surface area contributed by atoms with Crippen LogP contribution in [0.2, 0.25) is 0 Å². The summed E-state index contributed by atoms with van der Waals surface area (Å²) < 4.78 is 0. The van der Waals surface area contributed by atoms with Crippen molar-refractivity contribution < 1.29 is 39.6 Å². The lowest BCUT2D eigenvalue weighted by atomic mass is 9.96. The third-order valence-corrected chi connectivity index (χ3v) is 1.53. The standard InChI is InChI=1S/C6H8O7.C2H6N2O/c7-3(8)1-6(13,5(11)12)2-4(9)10;1-4-2(3)5/h13H,1-2H2,(H,7,8)(H,9,10)(H,11,12);1H3,(H3,3,4,5). The Morgan fingerprint density at radius 3 is 1.44 bits per heavy atom. The van der Waals surface area contributed by atoms with Crippen molar-refractivity contribution in [3.05, 3.63) is 0 Å². The summed E-state index contributed by atoms with van der Waals surface area (Å²) in [6.45, 7) is 0. The van der Waals surface area contributed by atoms with Gasteiger partial charge in [0.05, 0.1) is 12.8 Å². The number of primary amides is 1. The molecule has 0 atom stereocenters. The molecule has 2 amide bonds. The fourth-order valence-corrected chi connectivity index (χ4v) is 0.714. The fourth-order valence-electron chi connectivity index (χ4n) is 0.714. The third-order valence-electron chi connectivity index (χ3n) is 1.53. The van der Waals surface area contributed by atoms with Crippen LogP contribution in [-0.4, -0.2) is 57.0 Å². The van der Waals surface area contributed by atoms with Gasteiger partial charge in [-0.2, -0.15) is 0 Å². The van der Waals surface area contributed by atoms with Gasteiger partial charge in [0.25, 0.3) is 0 Å². The molecule has 0 aromatic heterocycles. The van der Waals surface area contributed by atoms with E-state index in [1.165, 1.54) is 7.05 Å². The second-order valence-electron chi connectivity index (χ2n) is 3.09. The molecule has 18 heavy (non-hydrogen) atoms. The average Bonchev–Trinajstić information content (AvgIpc) is 2.15. The van der Waals surface area contributed by atoms with Crippen LogP contribution in [-0.2, 0) is 14.4 Å². The van der Waals surface area contributed by atoms with Crippen molar-refractivity contribution in [2.45, 2.75) is 18.4 Å². The van der Waals surface area contributed by atoms with Crippen LogP contribution in [0.1, 0.15) is 12.8 Å². The molecule has 0 aromatic carbocycles. The van der Waals surface area contributed by atoms with Crippen LogP contribution >= 0.6 is 0 Å². The highest BCUT2D eigenvalue weighted by Crippen LogP contribution is 2.15. The molecule has 0 bridgehead atoms. The SMILES string of the molecule is CNC(N)=O.O=C(O)CC(O)(CC(=O)O)C(=O)O. The van der Waals surface area contributed by atoms with E-state index in [9.17, 15) is 19.2 Å². The summed E-state index contributed by atoms with van der Waals surface area (Å²) in [5.74, 6) is -5.02. The number of carbonyl (C=O) groups excluding carboxylic acids is 1. The maximum atomic E-state index is 10.3. The van der Waals surface area contributed by atoms with E-state index in [0.717, 1.165) is 0 Å². The van der Waals surface area contributed by atoms with Crippen LogP contribution in [0.5, 0.6) is 0 Å². The summed E-state index contributed by atoms with van der Waals surface area (Å²) in [4.78, 5) is 40.0. The van der Waals surface area contributed by atoms with E-state index in [-0.39, 0.29) is 0 Å². The predicted octanol–water partition coefficient (Wildman–Crippen LogP) is -1.96. The van der Waals surface area contributed by atoms with Crippen molar-refractivity contribution in [1.82, 2.24) is 5.32 Å². The smallest absolute Gasteiger partial charge is 0.336 e. The molecule has 0 radical (unpaired) electrons. The largest absolute Gasteiger partial charge is 0.481 e. The van der Waals surface area contributed by atoms with E-state index in [2.05, 4.69) is 11.1 Å². The number of carboxylic acids is 3. The number of nitrogens with two attached hydrogens (primary N) is 1. The molecule has 10 heteroatoms. The Morgan fingerprint density at radius 1 is 1.06 bits per heavy atom. The number of carbonyl (C=O) groups is 4. The Kier molecular flexibility index (Phi) is 7.85. The van der Waals surface area contributed by atoms with Gasteiger partial charge in [0.2, 0.25) is 0 Å². The molecule has 0 unspecified atom stereocenters. The minimum absolute atomic E-state index is 0.495. The number of hydrogen-bond donors (Lipinski definition) is 6. The molecule has 10 nitrogen and oxygen atoms in total. The Hall–Kier alpha value is -2.36. The molecule has 0 aromatic rings. The highest BCUT2D eigenvalue weighted by Gasteiger charge is 2.40. The second-order valence-corrected chi connectivity index (χ2v) is 3.09. The lowest BCUT2D eigenvalue weighted by Gasteiger charge is -2.18. The first kappa shape index (κ1) is 18.0. The van der Waals surface area contributed by atoms with Gasteiger partial charge in [-0.15, -0.1) is 0 Å². The Bertz CT molecular complexity index is 324. The number of amides is 2. The average molecular weight is 266 g/mol. The molecular formula is C8H14N2O8.